The number of carboxylic acid groups (broad SMARTS) is 1. The summed E-state index contributed by atoms with van der Waals surface area (Å²) in [4.78, 5) is 51.0. The Morgan fingerprint density at radius 1 is 0.811 bits per heavy atom. The van der Waals surface area contributed by atoms with Crippen molar-refractivity contribution in [2.75, 3.05) is 0 Å². The van der Waals surface area contributed by atoms with E-state index in [0.717, 1.165) is 0 Å². The lowest BCUT2D eigenvalue weighted by Crippen LogP contribution is -2.59. The third kappa shape index (κ3) is 11.2. The second-order valence-electron chi connectivity index (χ2n) is 10.6. The maximum absolute atomic E-state index is 13.4. The van der Waals surface area contributed by atoms with Gasteiger partial charge >= 0.3 is 5.97 Å². The first-order valence-electron chi connectivity index (χ1n) is 12.9. The van der Waals surface area contributed by atoms with Crippen LogP contribution in [-0.2, 0) is 25.6 Å². The van der Waals surface area contributed by atoms with E-state index in [1.807, 2.05) is 34.6 Å². The Labute approximate surface area is 219 Å². The molecule has 3 amide bonds. The summed E-state index contributed by atoms with van der Waals surface area (Å²) < 4.78 is 0. The van der Waals surface area contributed by atoms with Crippen molar-refractivity contribution in [2.24, 2.45) is 23.5 Å². The molecule has 0 aromatic heterocycles. The number of hydrogen-bond acceptors (Lipinski definition) is 6. The average molecular weight is 521 g/mol. The van der Waals surface area contributed by atoms with Crippen molar-refractivity contribution in [3.8, 4) is 5.75 Å². The van der Waals surface area contributed by atoms with Crippen molar-refractivity contribution in [3.63, 3.8) is 0 Å². The summed E-state index contributed by atoms with van der Waals surface area (Å²) in [6, 6.07) is 2.29. The van der Waals surface area contributed by atoms with Gasteiger partial charge in [-0.1, -0.05) is 60.1 Å². The Bertz CT molecular complexity index is 903. The lowest BCUT2D eigenvalue weighted by atomic mass is 9.96. The zero-order valence-electron chi connectivity index (χ0n) is 22.8. The topological polar surface area (TPSA) is 171 Å². The number of rotatable bonds is 15. The van der Waals surface area contributed by atoms with Crippen LogP contribution in [0.15, 0.2) is 24.3 Å². The number of hydrogen-bond donors (Lipinski definition) is 6. The molecule has 0 heterocycles. The van der Waals surface area contributed by atoms with Gasteiger partial charge in [-0.05, 0) is 48.3 Å². The van der Waals surface area contributed by atoms with Gasteiger partial charge in [0.1, 0.15) is 23.9 Å². The second-order valence-corrected chi connectivity index (χ2v) is 10.6. The van der Waals surface area contributed by atoms with Crippen LogP contribution in [0.4, 0.5) is 0 Å². The van der Waals surface area contributed by atoms with Crippen molar-refractivity contribution in [3.05, 3.63) is 29.8 Å². The lowest BCUT2D eigenvalue weighted by Gasteiger charge is -2.28. The number of carboxylic acids is 1. The van der Waals surface area contributed by atoms with Crippen LogP contribution in [0, 0.1) is 17.8 Å². The first-order chi connectivity index (χ1) is 17.2. The van der Waals surface area contributed by atoms with Gasteiger partial charge in [0.05, 0.1) is 6.04 Å². The van der Waals surface area contributed by atoms with Crippen LogP contribution >= 0.6 is 0 Å². The van der Waals surface area contributed by atoms with E-state index < -0.39 is 47.9 Å². The molecule has 0 spiro atoms. The summed E-state index contributed by atoms with van der Waals surface area (Å²) in [7, 11) is 0. The van der Waals surface area contributed by atoms with Crippen molar-refractivity contribution < 1.29 is 29.4 Å². The first-order valence-corrected chi connectivity index (χ1v) is 12.9. The molecule has 0 saturated carbocycles. The number of carbonyl (C=O) groups excluding carboxylic acids is 3. The fraction of sp³-hybridized carbons (Fsp3) is 0.630. The second kappa shape index (κ2) is 15.2. The van der Waals surface area contributed by atoms with Crippen LogP contribution in [0.1, 0.15) is 66.4 Å². The molecule has 5 unspecified atom stereocenters. The van der Waals surface area contributed by atoms with Crippen molar-refractivity contribution in [1.29, 1.82) is 0 Å². The SMILES string of the molecule is CCC(C)C(NC(=O)C(Cc1ccc(O)cc1)NC(=O)C(N)CC(C)C)C(=O)NC(CC(C)C)C(=O)O. The van der Waals surface area contributed by atoms with Gasteiger partial charge in [-0.15, -0.1) is 0 Å². The summed E-state index contributed by atoms with van der Waals surface area (Å²) in [5.74, 6) is -2.83. The van der Waals surface area contributed by atoms with E-state index in [1.165, 1.54) is 12.1 Å². The number of benzene rings is 1. The highest BCUT2D eigenvalue weighted by atomic mass is 16.4. The summed E-state index contributed by atoms with van der Waals surface area (Å²) in [5.41, 5.74) is 6.71. The zero-order valence-corrected chi connectivity index (χ0v) is 22.8. The molecular weight excluding hydrogens is 476 g/mol. The number of nitrogens with two attached hydrogens (primary N) is 1. The number of aromatic hydroxyl groups is 1. The highest BCUT2D eigenvalue weighted by Gasteiger charge is 2.33. The highest BCUT2D eigenvalue weighted by molar-refractivity contribution is 5.94. The van der Waals surface area contributed by atoms with E-state index in [0.29, 0.717) is 18.4 Å². The maximum atomic E-state index is 13.4. The van der Waals surface area contributed by atoms with Gasteiger partial charge in [0.2, 0.25) is 17.7 Å². The molecule has 0 radical (unpaired) electrons. The van der Waals surface area contributed by atoms with E-state index in [9.17, 15) is 29.4 Å². The van der Waals surface area contributed by atoms with E-state index in [4.69, 9.17) is 5.73 Å². The quantitative estimate of drug-likeness (QED) is 0.205. The Balaban J connectivity index is 3.16. The summed E-state index contributed by atoms with van der Waals surface area (Å²) in [5, 5.41) is 27.1. The molecule has 5 atom stereocenters. The molecule has 0 fully saturated rings. The molecule has 10 nitrogen and oxygen atoms in total. The molecule has 1 aromatic rings. The van der Waals surface area contributed by atoms with Gasteiger partial charge in [-0.2, -0.15) is 0 Å². The molecule has 0 aliphatic rings. The van der Waals surface area contributed by atoms with Crippen LogP contribution in [-0.4, -0.2) is 58.1 Å². The van der Waals surface area contributed by atoms with Crippen LogP contribution in [0.5, 0.6) is 5.75 Å². The monoisotopic (exact) mass is 520 g/mol. The molecule has 1 aromatic carbocycles. The predicted molar refractivity (Wildman–Crippen MR) is 142 cm³/mol. The Morgan fingerprint density at radius 3 is 1.84 bits per heavy atom. The third-order valence-electron chi connectivity index (χ3n) is 6.19. The Morgan fingerprint density at radius 2 is 1.35 bits per heavy atom. The fourth-order valence-electron chi connectivity index (χ4n) is 3.88. The normalized spacial score (nSPS) is 15.4. The minimum Gasteiger partial charge on any atom is -0.508 e. The van der Waals surface area contributed by atoms with Gasteiger partial charge in [-0.3, -0.25) is 14.4 Å². The summed E-state index contributed by atoms with van der Waals surface area (Å²) >= 11 is 0. The molecule has 0 saturated heterocycles. The molecular formula is C27H44N4O6. The number of aliphatic carboxylic acids is 1. The van der Waals surface area contributed by atoms with Gasteiger partial charge < -0.3 is 31.9 Å². The van der Waals surface area contributed by atoms with Crippen molar-refractivity contribution in [1.82, 2.24) is 16.0 Å². The first kappa shape index (κ1) is 31.9. The zero-order chi connectivity index (χ0) is 28.3. The number of phenolic OH excluding ortho intramolecular Hbond substituents is 1. The fourth-order valence-corrected chi connectivity index (χ4v) is 3.88. The molecule has 10 heteroatoms. The van der Waals surface area contributed by atoms with E-state index in [1.54, 1.807) is 19.1 Å². The highest BCUT2D eigenvalue weighted by Crippen LogP contribution is 2.14. The molecule has 0 aliphatic heterocycles. The number of carbonyl (C=O) groups is 4. The third-order valence-corrected chi connectivity index (χ3v) is 6.19. The molecule has 37 heavy (non-hydrogen) atoms. The van der Waals surface area contributed by atoms with E-state index in [2.05, 4.69) is 16.0 Å². The summed E-state index contributed by atoms with van der Waals surface area (Å²) in [6.07, 6.45) is 1.33. The minimum atomic E-state index is -1.15. The summed E-state index contributed by atoms with van der Waals surface area (Å²) in [6.45, 7) is 11.2. The average Bonchev–Trinajstić information content (AvgIpc) is 2.81. The predicted octanol–water partition coefficient (Wildman–Crippen LogP) is 1.94. The number of phenols is 1. The largest absolute Gasteiger partial charge is 0.508 e. The smallest absolute Gasteiger partial charge is 0.326 e. The molecule has 208 valence electrons. The van der Waals surface area contributed by atoms with E-state index in [-0.39, 0.29) is 36.3 Å². The van der Waals surface area contributed by atoms with Crippen LogP contribution < -0.4 is 21.7 Å². The number of nitrogens with one attached hydrogen (secondary N) is 3. The van der Waals surface area contributed by atoms with Crippen LogP contribution in [0.3, 0.4) is 0 Å². The minimum absolute atomic E-state index is 0.0398. The van der Waals surface area contributed by atoms with Crippen LogP contribution in [0.2, 0.25) is 0 Å². The van der Waals surface area contributed by atoms with Gasteiger partial charge in [-0.25, -0.2) is 4.79 Å². The lowest BCUT2D eigenvalue weighted by molar-refractivity contribution is -0.143. The number of amides is 3. The van der Waals surface area contributed by atoms with Crippen molar-refractivity contribution in [2.45, 2.75) is 91.4 Å². The van der Waals surface area contributed by atoms with Gasteiger partial charge in [0, 0.05) is 6.42 Å². The molecule has 7 N–H and O–H groups in total. The van der Waals surface area contributed by atoms with Crippen molar-refractivity contribution >= 4 is 23.7 Å². The molecule has 0 bridgehead atoms. The van der Waals surface area contributed by atoms with E-state index >= 15 is 0 Å². The Kier molecular flexibility index (Phi) is 13.1. The maximum Gasteiger partial charge on any atom is 0.326 e. The molecule has 0 aliphatic carbocycles. The van der Waals surface area contributed by atoms with Gasteiger partial charge in [0.25, 0.3) is 0 Å². The van der Waals surface area contributed by atoms with Crippen LogP contribution in [0.25, 0.3) is 0 Å². The standard InChI is InChI=1S/C27H44N4O6/c1-7-17(6)23(26(35)30-22(27(36)37)13-16(4)5)31-25(34)21(14-18-8-10-19(32)11-9-18)29-24(33)20(28)12-15(2)3/h8-11,15-17,20-23,32H,7,12-14,28H2,1-6H3,(H,29,33)(H,30,35)(H,31,34)(H,36,37). The Hall–Kier alpha value is -3.14. The van der Waals surface area contributed by atoms with Gasteiger partial charge in [0.15, 0.2) is 0 Å². The molecule has 1 rings (SSSR count).